The van der Waals surface area contributed by atoms with Crippen molar-refractivity contribution in [1.29, 1.82) is 0 Å². The van der Waals surface area contributed by atoms with Crippen molar-refractivity contribution in [3.8, 4) is 11.5 Å². The normalized spacial score (nSPS) is 12.8. The Morgan fingerprint density at radius 2 is 1.80 bits per heavy atom. The van der Waals surface area contributed by atoms with Gasteiger partial charge in [0.25, 0.3) is 0 Å². The van der Waals surface area contributed by atoms with Crippen LogP contribution in [0.1, 0.15) is 11.1 Å². The number of nitrogens with zero attached hydrogens (tertiary/aromatic N) is 3. The van der Waals surface area contributed by atoms with E-state index in [4.69, 9.17) is 10.2 Å². The minimum Gasteiger partial charge on any atom is -0.403 e. The number of benzene rings is 2. The molecule has 0 aliphatic heterocycles. The third-order valence-electron chi connectivity index (χ3n) is 4.61. The van der Waals surface area contributed by atoms with E-state index in [9.17, 15) is 13.2 Å². The predicted molar refractivity (Wildman–Crippen MR) is 107 cm³/mol. The van der Waals surface area contributed by atoms with Gasteiger partial charge >= 0.3 is 12.2 Å². The summed E-state index contributed by atoms with van der Waals surface area (Å²) in [5.41, 5.74) is 6.90. The van der Waals surface area contributed by atoms with Gasteiger partial charge in [-0.15, -0.1) is 5.10 Å². The predicted octanol–water partition coefficient (Wildman–Crippen LogP) is 4.29. The minimum absolute atomic E-state index is 0.225. The van der Waals surface area contributed by atoms with Crippen LogP contribution in [0.2, 0.25) is 0 Å². The summed E-state index contributed by atoms with van der Waals surface area (Å²) in [4.78, 5) is 4.08. The number of hydrogen-bond acceptors (Lipinski definition) is 6. The van der Waals surface area contributed by atoms with Gasteiger partial charge in [0.1, 0.15) is 0 Å². The van der Waals surface area contributed by atoms with E-state index < -0.39 is 11.7 Å². The molecule has 9 heteroatoms. The second kappa shape index (κ2) is 8.11. The number of hydrogen-bond donors (Lipinski definition) is 2. The number of pyridine rings is 1. The summed E-state index contributed by atoms with van der Waals surface area (Å²) in [5, 5.41) is 13.0. The Labute approximate surface area is 169 Å². The zero-order chi connectivity index (χ0) is 21.1. The molecule has 30 heavy (non-hydrogen) atoms. The van der Waals surface area contributed by atoms with Crippen LogP contribution in [0.5, 0.6) is 0 Å². The quantitative estimate of drug-likeness (QED) is 0.490. The van der Waals surface area contributed by atoms with Crippen LogP contribution in [0.3, 0.4) is 0 Å². The van der Waals surface area contributed by atoms with Crippen LogP contribution in [-0.2, 0) is 12.6 Å². The van der Waals surface area contributed by atoms with Gasteiger partial charge in [-0.1, -0.05) is 23.3 Å². The molecule has 1 unspecified atom stereocenters. The van der Waals surface area contributed by atoms with E-state index in [1.807, 2.05) is 24.3 Å². The summed E-state index contributed by atoms with van der Waals surface area (Å²) in [6.07, 6.45) is -0.451. The topological polar surface area (TPSA) is 89.9 Å². The minimum atomic E-state index is -4.35. The van der Waals surface area contributed by atoms with Gasteiger partial charge in [0.15, 0.2) is 0 Å². The molecule has 2 aromatic heterocycles. The summed E-state index contributed by atoms with van der Waals surface area (Å²) in [7, 11) is 0. The Kier molecular flexibility index (Phi) is 5.37. The molecule has 3 N–H and O–H groups in total. The SMILES string of the molecule is NC(CNc1nnc(-c2ccc3cnccc3c2)o1)Cc1ccc(C(F)(F)F)cc1. The summed E-state index contributed by atoms with van der Waals surface area (Å²) >= 11 is 0. The summed E-state index contributed by atoms with van der Waals surface area (Å²) < 4.78 is 43.5. The third kappa shape index (κ3) is 4.57. The molecule has 0 bridgehead atoms. The van der Waals surface area contributed by atoms with Crippen LogP contribution < -0.4 is 11.1 Å². The Balaban J connectivity index is 1.35. The van der Waals surface area contributed by atoms with Gasteiger partial charge in [-0.3, -0.25) is 4.98 Å². The largest absolute Gasteiger partial charge is 0.416 e. The molecular weight excluding hydrogens is 395 g/mol. The van der Waals surface area contributed by atoms with Crippen LogP contribution in [0.15, 0.2) is 65.3 Å². The van der Waals surface area contributed by atoms with Crippen molar-refractivity contribution in [1.82, 2.24) is 15.2 Å². The molecular formula is C21H18F3N5O. The van der Waals surface area contributed by atoms with Crippen molar-refractivity contribution in [3.63, 3.8) is 0 Å². The Hall–Kier alpha value is -3.46. The lowest BCUT2D eigenvalue weighted by molar-refractivity contribution is -0.137. The molecule has 0 spiro atoms. The van der Waals surface area contributed by atoms with E-state index in [1.54, 1.807) is 12.4 Å². The van der Waals surface area contributed by atoms with Crippen molar-refractivity contribution < 1.29 is 17.6 Å². The number of halogens is 3. The average molecular weight is 413 g/mol. The first-order valence-electron chi connectivity index (χ1n) is 9.22. The lowest BCUT2D eigenvalue weighted by atomic mass is 10.0. The number of anilines is 1. The molecule has 0 amide bonds. The lowest BCUT2D eigenvalue weighted by Crippen LogP contribution is -2.31. The maximum Gasteiger partial charge on any atom is 0.416 e. The zero-order valence-corrected chi connectivity index (χ0v) is 15.7. The summed E-state index contributed by atoms with van der Waals surface area (Å²) in [5.74, 6) is 0.368. The fraction of sp³-hybridized carbons (Fsp3) is 0.190. The maximum atomic E-state index is 12.6. The number of aromatic nitrogens is 3. The molecule has 4 aromatic rings. The Morgan fingerprint density at radius 3 is 2.57 bits per heavy atom. The maximum absolute atomic E-state index is 12.6. The van der Waals surface area contributed by atoms with Gasteiger partial charge < -0.3 is 15.5 Å². The first kappa shape index (κ1) is 19.8. The Morgan fingerprint density at radius 1 is 1.00 bits per heavy atom. The van der Waals surface area contributed by atoms with Crippen molar-refractivity contribution in [2.24, 2.45) is 5.73 Å². The van der Waals surface area contributed by atoms with Crippen LogP contribution in [0.25, 0.3) is 22.2 Å². The third-order valence-corrected chi connectivity index (χ3v) is 4.61. The van der Waals surface area contributed by atoms with Gasteiger partial charge in [-0.05, 0) is 47.7 Å². The monoisotopic (exact) mass is 413 g/mol. The van der Waals surface area contributed by atoms with Crippen molar-refractivity contribution in [3.05, 3.63) is 72.1 Å². The van der Waals surface area contributed by atoms with Crippen molar-refractivity contribution in [2.45, 2.75) is 18.6 Å². The van der Waals surface area contributed by atoms with Crippen LogP contribution in [0, 0.1) is 0 Å². The van der Waals surface area contributed by atoms with Gasteiger partial charge in [0.2, 0.25) is 5.89 Å². The second-order valence-electron chi connectivity index (χ2n) is 6.89. The molecule has 0 saturated heterocycles. The highest BCUT2D eigenvalue weighted by atomic mass is 19.4. The van der Waals surface area contributed by atoms with Crippen LogP contribution >= 0.6 is 0 Å². The molecule has 2 heterocycles. The highest BCUT2D eigenvalue weighted by Gasteiger charge is 2.29. The number of rotatable bonds is 6. The average Bonchev–Trinajstić information content (AvgIpc) is 3.21. The molecule has 2 aromatic carbocycles. The number of alkyl halides is 3. The lowest BCUT2D eigenvalue weighted by Gasteiger charge is -2.12. The number of nitrogens with two attached hydrogens (primary N) is 1. The molecule has 0 aliphatic rings. The number of fused-ring (bicyclic) bond motifs is 1. The molecule has 0 radical (unpaired) electrons. The zero-order valence-electron chi connectivity index (χ0n) is 15.7. The second-order valence-corrected chi connectivity index (χ2v) is 6.89. The van der Waals surface area contributed by atoms with E-state index in [2.05, 4.69) is 20.5 Å². The first-order valence-corrected chi connectivity index (χ1v) is 9.22. The molecule has 0 aliphatic carbocycles. The standard InChI is InChI=1S/C21H18F3N5O/c22-21(23,24)17-5-1-13(2-6-17)9-18(25)12-27-20-29-28-19(30-20)15-3-4-16-11-26-8-7-14(16)10-15/h1-8,10-11,18H,9,12,25H2,(H,27,29). The van der Waals surface area contributed by atoms with Gasteiger partial charge in [0, 0.05) is 35.9 Å². The van der Waals surface area contributed by atoms with Crippen molar-refractivity contribution >= 4 is 16.8 Å². The molecule has 0 saturated carbocycles. The van der Waals surface area contributed by atoms with E-state index in [0.29, 0.717) is 24.4 Å². The molecule has 6 nitrogen and oxygen atoms in total. The smallest absolute Gasteiger partial charge is 0.403 e. The molecule has 4 rings (SSSR count). The highest BCUT2D eigenvalue weighted by molar-refractivity contribution is 5.85. The highest BCUT2D eigenvalue weighted by Crippen LogP contribution is 2.29. The summed E-state index contributed by atoms with van der Waals surface area (Å²) in [6, 6.07) is 12.5. The van der Waals surface area contributed by atoms with E-state index in [-0.39, 0.29) is 12.1 Å². The van der Waals surface area contributed by atoms with E-state index >= 15 is 0 Å². The Bertz CT molecular complexity index is 1140. The van der Waals surface area contributed by atoms with Crippen molar-refractivity contribution in [2.75, 3.05) is 11.9 Å². The molecule has 1 atom stereocenters. The fourth-order valence-electron chi connectivity index (χ4n) is 3.05. The van der Waals surface area contributed by atoms with Crippen LogP contribution in [-0.4, -0.2) is 27.8 Å². The number of nitrogens with one attached hydrogen (secondary N) is 1. The van der Waals surface area contributed by atoms with E-state index in [1.165, 1.54) is 12.1 Å². The van der Waals surface area contributed by atoms with Crippen LogP contribution in [0.4, 0.5) is 19.2 Å². The molecule has 0 fully saturated rings. The molecule has 154 valence electrons. The van der Waals surface area contributed by atoms with E-state index in [0.717, 1.165) is 28.5 Å². The van der Waals surface area contributed by atoms with Gasteiger partial charge in [-0.2, -0.15) is 13.2 Å². The summed E-state index contributed by atoms with van der Waals surface area (Å²) in [6.45, 7) is 0.325. The fourth-order valence-corrected chi connectivity index (χ4v) is 3.05. The van der Waals surface area contributed by atoms with Gasteiger partial charge in [-0.25, -0.2) is 0 Å². The first-order chi connectivity index (χ1) is 14.4. The van der Waals surface area contributed by atoms with Gasteiger partial charge in [0.05, 0.1) is 5.56 Å².